The molecule has 3 aliphatic heterocycles. The number of aliphatic hydroxyl groups excluding tert-OH is 3. The molecule has 3 rings (SSSR count). The molecule has 3 aliphatic rings. The largest absolute Gasteiger partial charge is 0.441 e. The highest BCUT2D eigenvalue weighted by Gasteiger charge is 2.51. The average molecular weight is 517 g/mol. The standard InChI is InChI=1S/C20H36N8O8/c1-28-14-9(30)6-24-17(33)12(14)26-20(28)27-18-13(25-11(31)5-8(22)3-2-4-21)15(32)16(36-19(23)34)10(7-29)35-18/h8-10,12-16,18,29-30,32H,2-7,21-22H2,1H3,(H2,23,34)(H,24,33)(H,25,31)(H,26,27). The summed E-state index contributed by atoms with van der Waals surface area (Å²) in [6, 6.07) is -3.20. The van der Waals surface area contributed by atoms with Crippen molar-refractivity contribution in [3.8, 4) is 0 Å². The van der Waals surface area contributed by atoms with Crippen LogP contribution in [0.25, 0.3) is 0 Å². The highest BCUT2D eigenvalue weighted by molar-refractivity contribution is 5.92. The molecule has 16 nitrogen and oxygen atoms in total. The van der Waals surface area contributed by atoms with E-state index in [0.29, 0.717) is 19.4 Å². The first-order valence-corrected chi connectivity index (χ1v) is 11.8. The molecule has 9 unspecified atom stereocenters. The van der Waals surface area contributed by atoms with E-state index in [4.69, 9.17) is 26.7 Å². The second kappa shape index (κ2) is 12.0. The van der Waals surface area contributed by atoms with Crippen molar-refractivity contribution < 1.29 is 39.2 Å². The first-order chi connectivity index (χ1) is 17.1. The molecule has 16 heteroatoms. The van der Waals surface area contributed by atoms with Crippen LogP contribution in [0.2, 0.25) is 0 Å². The summed E-state index contributed by atoms with van der Waals surface area (Å²) in [6.07, 6.45) is -6.33. The van der Waals surface area contributed by atoms with Gasteiger partial charge in [0.15, 0.2) is 24.3 Å². The molecular formula is C20H36N8O8. The zero-order valence-electron chi connectivity index (χ0n) is 19.9. The summed E-state index contributed by atoms with van der Waals surface area (Å²) in [4.78, 5) is 42.3. The SMILES string of the molecule is CN1C(NC2OC(CO)C(OC(N)=O)C(O)C2NC(=O)CC(N)CCCN)=NC2C(=O)NCC(O)C21. The number of carbonyl (C=O) groups excluding carboxylic acids is 3. The zero-order chi connectivity index (χ0) is 26.6. The predicted molar refractivity (Wildman–Crippen MR) is 124 cm³/mol. The summed E-state index contributed by atoms with van der Waals surface area (Å²) in [7, 11) is 1.62. The molecule has 2 saturated heterocycles. The van der Waals surface area contributed by atoms with Gasteiger partial charge in [-0.1, -0.05) is 0 Å². The van der Waals surface area contributed by atoms with E-state index in [1.807, 2.05) is 0 Å². The van der Waals surface area contributed by atoms with E-state index >= 15 is 0 Å². The van der Waals surface area contributed by atoms with Gasteiger partial charge in [-0.05, 0) is 19.4 Å². The molecule has 36 heavy (non-hydrogen) atoms. The van der Waals surface area contributed by atoms with Gasteiger partial charge in [-0.25, -0.2) is 9.79 Å². The van der Waals surface area contributed by atoms with Crippen molar-refractivity contribution in [1.82, 2.24) is 20.9 Å². The summed E-state index contributed by atoms with van der Waals surface area (Å²) in [6.45, 7) is -0.157. The second-order valence-corrected chi connectivity index (χ2v) is 9.11. The lowest BCUT2D eigenvalue weighted by Crippen LogP contribution is -2.70. The Kier molecular flexibility index (Phi) is 9.26. The summed E-state index contributed by atoms with van der Waals surface area (Å²) in [5, 5.41) is 39.3. The molecule has 0 aromatic heterocycles. The van der Waals surface area contributed by atoms with E-state index in [1.165, 1.54) is 0 Å². The Hall–Kier alpha value is -2.76. The number of amides is 3. The number of fused-ring (bicyclic) bond motifs is 1. The van der Waals surface area contributed by atoms with Crippen LogP contribution in [0.3, 0.4) is 0 Å². The number of likely N-dealkylation sites (N-methyl/N-ethyl adjacent to an activating group) is 1. The van der Waals surface area contributed by atoms with Crippen LogP contribution >= 0.6 is 0 Å². The average Bonchev–Trinajstić information content (AvgIpc) is 3.15. The summed E-state index contributed by atoms with van der Waals surface area (Å²) in [5.74, 6) is -0.717. The Balaban J connectivity index is 1.81. The van der Waals surface area contributed by atoms with Crippen LogP contribution in [0.15, 0.2) is 4.99 Å². The van der Waals surface area contributed by atoms with E-state index in [0.717, 1.165) is 0 Å². The first-order valence-electron chi connectivity index (χ1n) is 11.8. The molecule has 0 aromatic carbocycles. The number of guanidine groups is 1. The van der Waals surface area contributed by atoms with Crippen LogP contribution < -0.4 is 33.2 Å². The predicted octanol–water partition coefficient (Wildman–Crippen LogP) is -5.41. The maximum absolute atomic E-state index is 12.7. The fraction of sp³-hybridized carbons (Fsp3) is 0.800. The maximum Gasteiger partial charge on any atom is 0.404 e. The fourth-order valence-corrected chi connectivity index (χ4v) is 4.66. The molecule has 0 aromatic rings. The van der Waals surface area contributed by atoms with Gasteiger partial charge in [-0.2, -0.15) is 0 Å². The van der Waals surface area contributed by atoms with Gasteiger partial charge in [0, 0.05) is 26.1 Å². The summed E-state index contributed by atoms with van der Waals surface area (Å²) < 4.78 is 10.8. The van der Waals surface area contributed by atoms with Crippen molar-refractivity contribution in [2.24, 2.45) is 22.2 Å². The quantitative estimate of drug-likeness (QED) is 0.139. The molecule has 3 amide bonds. The van der Waals surface area contributed by atoms with Crippen LogP contribution in [0.4, 0.5) is 4.79 Å². The summed E-state index contributed by atoms with van der Waals surface area (Å²) in [5.41, 5.74) is 16.6. The number of β-amino-alcohol motifs (C(OH)–C–C–N with tert-alkyl or cyclic N) is 1. The Morgan fingerprint density at radius 1 is 1.39 bits per heavy atom. The number of aliphatic hydroxyl groups is 3. The van der Waals surface area contributed by atoms with Gasteiger partial charge in [-0.15, -0.1) is 0 Å². The van der Waals surface area contributed by atoms with Crippen molar-refractivity contribution >= 4 is 23.9 Å². The van der Waals surface area contributed by atoms with Crippen LogP contribution in [0.1, 0.15) is 19.3 Å². The van der Waals surface area contributed by atoms with Gasteiger partial charge in [0.1, 0.15) is 18.2 Å². The number of ether oxygens (including phenoxy) is 2. The van der Waals surface area contributed by atoms with E-state index in [9.17, 15) is 29.7 Å². The number of hydrogen-bond donors (Lipinski definition) is 9. The number of rotatable bonds is 9. The first kappa shape index (κ1) is 27.8. The topological polar surface area (TPSA) is 260 Å². The van der Waals surface area contributed by atoms with Gasteiger partial charge in [-0.3, -0.25) is 9.59 Å². The van der Waals surface area contributed by atoms with E-state index in [2.05, 4.69) is 20.9 Å². The number of nitrogens with one attached hydrogen (secondary N) is 3. The molecule has 2 fully saturated rings. The molecule has 0 spiro atoms. The fourth-order valence-electron chi connectivity index (χ4n) is 4.66. The molecule has 12 N–H and O–H groups in total. The Bertz CT molecular complexity index is 847. The molecule has 0 aliphatic carbocycles. The Morgan fingerprint density at radius 3 is 2.72 bits per heavy atom. The van der Waals surface area contributed by atoms with Crippen molar-refractivity contribution in [1.29, 1.82) is 0 Å². The van der Waals surface area contributed by atoms with Crippen LogP contribution in [-0.4, -0.2) is 126 Å². The minimum absolute atomic E-state index is 0.0631. The normalized spacial score (nSPS) is 34.8. The minimum Gasteiger partial charge on any atom is -0.441 e. The van der Waals surface area contributed by atoms with Crippen molar-refractivity contribution in [2.75, 3.05) is 26.7 Å². The van der Waals surface area contributed by atoms with Gasteiger partial charge in [0.25, 0.3) is 0 Å². The number of piperidine rings is 1. The molecule has 9 atom stereocenters. The van der Waals surface area contributed by atoms with Crippen molar-refractivity contribution in [2.45, 2.75) is 74.1 Å². The molecule has 204 valence electrons. The van der Waals surface area contributed by atoms with Gasteiger partial charge in [0.05, 0.1) is 18.8 Å². The third kappa shape index (κ3) is 6.13. The lowest BCUT2D eigenvalue weighted by atomic mass is 9.95. The van der Waals surface area contributed by atoms with E-state index < -0.39 is 73.4 Å². The monoisotopic (exact) mass is 516 g/mol. The number of carbonyl (C=O) groups is 3. The van der Waals surface area contributed by atoms with Crippen LogP contribution in [0.5, 0.6) is 0 Å². The molecule has 0 bridgehead atoms. The lowest BCUT2D eigenvalue weighted by molar-refractivity contribution is -0.198. The number of aliphatic imine (C=N–C) groups is 1. The number of nitrogens with zero attached hydrogens (tertiary/aromatic N) is 2. The van der Waals surface area contributed by atoms with Crippen LogP contribution in [0, 0.1) is 0 Å². The van der Waals surface area contributed by atoms with Gasteiger partial charge < -0.3 is 62.8 Å². The third-order valence-corrected chi connectivity index (χ3v) is 6.49. The highest BCUT2D eigenvalue weighted by Crippen LogP contribution is 2.26. The molecule has 0 saturated carbocycles. The zero-order valence-corrected chi connectivity index (χ0v) is 19.9. The second-order valence-electron chi connectivity index (χ2n) is 9.11. The van der Waals surface area contributed by atoms with Crippen molar-refractivity contribution in [3.63, 3.8) is 0 Å². The molecule has 3 heterocycles. The number of primary amides is 1. The number of nitrogens with two attached hydrogens (primary N) is 3. The lowest BCUT2D eigenvalue weighted by Gasteiger charge is -2.44. The third-order valence-electron chi connectivity index (χ3n) is 6.49. The van der Waals surface area contributed by atoms with E-state index in [1.54, 1.807) is 11.9 Å². The molecule has 0 radical (unpaired) electrons. The Morgan fingerprint density at radius 2 is 2.11 bits per heavy atom. The number of hydrogen-bond acceptors (Lipinski definition) is 13. The molecular weight excluding hydrogens is 480 g/mol. The minimum atomic E-state index is -1.55. The van der Waals surface area contributed by atoms with Gasteiger partial charge in [0.2, 0.25) is 11.8 Å². The highest BCUT2D eigenvalue weighted by atomic mass is 16.6. The Labute approximate surface area is 207 Å². The van der Waals surface area contributed by atoms with Crippen molar-refractivity contribution in [3.05, 3.63) is 0 Å². The maximum atomic E-state index is 12.7. The van der Waals surface area contributed by atoms with E-state index in [-0.39, 0.29) is 24.8 Å². The van der Waals surface area contributed by atoms with Crippen LogP contribution in [-0.2, 0) is 19.1 Å². The smallest absolute Gasteiger partial charge is 0.404 e. The van der Waals surface area contributed by atoms with Gasteiger partial charge >= 0.3 is 6.09 Å². The summed E-state index contributed by atoms with van der Waals surface area (Å²) >= 11 is 0.